The number of sulfonamides is 1. The lowest BCUT2D eigenvalue weighted by molar-refractivity contribution is 0.370. The molecule has 0 radical (unpaired) electrons. The van der Waals surface area contributed by atoms with E-state index in [2.05, 4.69) is 21.2 Å². The van der Waals surface area contributed by atoms with E-state index in [1.807, 2.05) is 38.2 Å². The predicted molar refractivity (Wildman–Crippen MR) is 89.9 cm³/mol. The van der Waals surface area contributed by atoms with Gasteiger partial charge in [0.25, 0.3) is 0 Å². The highest BCUT2D eigenvalue weighted by molar-refractivity contribution is 9.10. The molecule has 0 aliphatic carbocycles. The fourth-order valence-corrected chi connectivity index (χ4v) is 4.26. The van der Waals surface area contributed by atoms with Crippen LogP contribution in [0.2, 0.25) is 0 Å². The number of nitrogens with one attached hydrogen (secondary N) is 1. The Balaban J connectivity index is 2.86. The molecule has 0 aliphatic rings. The highest BCUT2D eigenvalue weighted by Gasteiger charge is 2.23. The van der Waals surface area contributed by atoms with E-state index in [0.717, 1.165) is 18.5 Å². The van der Waals surface area contributed by atoms with Crippen LogP contribution in [0.1, 0.15) is 12.0 Å². The largest absolute Gasteiger partial charge is 0.316 e. The fourth-order valence-electron chi connectivity index (χ4n) is 1.97. The molecule has 0 saturated heterocycles. The van der Waals surface area contributed by atoms with E-state index in [1.54, 1.807) is 13.1 Å². The van der Waals surface area contributed by atoms with Gasteiger partial charge in [0.15, 0.2) is 0 Å². The monoisotopic (exact) mass is 377 g/mol. The molecule has 0 spiro atoms. The molecule has 0 bridgehead atoms. The summed E-state index contributed by atoms with van der Waals surface area (Å²) in [5.41, 5.74) is 1.04. The van der Waals surface area contributed by atoms with E-state index in [4.69, 9.17) is 0 Å². The first-order valence-electron chi connectivity index (χ1n) is 6.83. The zero-order valence-electron chi connectivity index (χ0n) is 13.1. The van der Waals surface area contributed by atoms with Gasteiger partial charge in [-0.1, -0.05) is 6.07 Å². The number of hydrogen-bond acceptors (Lipinski definition) is 4. The van der Waals surface area contributed by atoms with Crippen LogP contribution in [-0.2, 0) is 16.6 Å². The first kappa shape index (κ1) is 18.6. The van der Waals surface area contributed by atoms with Gasteiger partial charge in [-0.3, -0.25) is 0 Å². The normalized spacial score (nSPS) is 12.3. The number of rotatable bonds is 8. The van der Waals surface area contributed by atoms with Gasteiger partial charge in [0.05, 0.1) is 4.90 Å². The minimum absolute atomic E-state index is 0.315. The maximum absolute atomic E-state index is 12.6. The van der Waals surface area contributed by atoms with Crippen LogP contribution in [0.3, 0.4) is 0 Å². The van der Waals surface area contributed by atoms with Crippen LogP contribution >= 0.6 is 15.9 Å². The molecule has 1 aromatic carbocycles. The van der Waals surface area contributed by atoms with Crippen LogP contribution < -0.4 is 5.32 Å². The van der Waals surface area contributed by atoms with Crippen molar-refractivity contribution in [2.45, 2.75) is 17.9 Å². The number of halogens is 1. The minimum Gasteiger partial charge on any atom is -0.316 e. The van der Waals surface area contributed by atoms with Crippen LogP contribution in [-0.4, -0.2) is 58.9 Å². The lowest BCUT2D eigenvalue weighted by Crippen LogP contribution is -2.30. The van der Waals surface area contributed by atoms with Gasteiger partial charge in [-0.2, -0.15) is 0 Å². The van der Waals surface area contributed by atoms with E-state index >= 15 is 0 Å². The number of hydrogen-bond donors (Lipinski definition) is 1. The summed E-state index contributed by atoms with van der Waals surface area (Å²) in [6, 6.07) is 5.34. The lowest BCUT2D eigenvalue weighted by Gasteiger charge is -2.19. The van der Waals surface area contributed by atoms with E-state index < -0.39 is 10.0 Å². The molecule has 0 saturated carbocycles. The zero-order chi connectivity index (χ0) is 16.0. The SMILES string of the molecule is CNCc1ccc(S(=O)(=O)N(C)CCCN(C)C)c(Br)c1. The molecule has 0 heterocycles. The fraction of sp³-hybridized carbons (Fsp3) is 0.571. The molecule has 21 heavy (non-hydrogen) atoms. The van der Waals surface area contributed by atoms with Crippen molar-refractivity contribution in [3.63, 3.8) is 0 Å². The molecule has 0 aromatic heterocycles. The van der Waals surface area contributed by atoms with Gasteiger partial charge in [-0.05, 0) is 67.7 Å². The van der Waals surface area contributed by atoms with Crippen LogP contribution in [0.4, 0.5) is 0 Å². The lowest BCUT2D eigenvalue weighted by atomic mass is 10.2. The zero-order valence-corrected chi connectivity index (χ0v) is 15.5. The highest BCUT2D eigenvalue weighted by Crippen LogP contribution is 2.25. The topological polar surface area (TPSA) is 52.7 Å². The Morgan fingerprint density at radius 1 is 1.19 bits per heavy atom. The Labute approximate surface area is 136 Å². The van der Waals surface area contributed by atoms with E-state index in [0.29, 0.717) is 22.5 Å². The Bertz CT molecular complexity index is 561. The van der Waals surface area contributed by atoms with Gasteiger partial charge in [0.2, 0.25) is 10.0 Å². The van der Waals surface area contributed by atoms with Gasteiger partial charge >= 0.3 is 0 Å². The maximum atomic E-state index is 12.6. The quantitative estimate of drug-likeness (QED) is 0.749. The molecule has 7 heteroatoms. The predicted octanol–water partition coefficient (Wildman–Crippen LogP) is 1.74. The Morgan fingerprint density at radius 2 is 1.86 bits per heavy atom. The molecule has 0 unspecified atom stereocenters. The van der Waals surface area contributed by atoms with Crippen molar-refractivity contribution in [1.82, 2.24) is 14.5 Å². The Hall–Kier alpha value is -0.470. The standard InChI is InChI=1S/C14H24BrN3O2S/c1-16-11-12-6-7-14(13(15)10-12)21(19,20)18(4)9-5-8-17(2)3/h6-7,10,16H,5,8-9,11H2,1-4H3. The number of benzene rings is 1. The maximum Gasteiger partial charge on any atom is 0.243 e. The van der Waals surface area contributed by atoms with Gasteiger partial charge in [-0.25, -0.2) is 12.7 Å². The van der Waals surface area contributed by atoms with Crippen molar-refractivity contribution in [3.8, 4) is 0 Å². The summed E-state index contributed by atoms with van der Waals surface area (Å²) in [4.78, 5) is 2.36. The second kappa shape index (κ2) is 8.24. The average Bonchev–Trinajstić information content (AvgIpc) is 2.38. The second-order valence-electron chi connectivity index (χ2n) is 5.28. The van der Waals surface area contributed by atoms with Crippen LogP contribution in [0.15, 0.2) is 27.6 Å². The van der Waals surface area contributed by atoms with Crippen molar-refractivity contribution in [2.24, 2.45) is 0 Å². The summed E-state index contributed by atoms with van der Waals surface area (Å²) < 4.78 is 27.1. The first-order chi connectivity index (χ1) is 9.78. The van der Waals surface area contributed by atoms with Crippen molar-refractivity contribution in [2.75, 3.05) is 41.3 Å². The highest BCUT2D eigenvalue weighted by atomic mass is 79.9. The molecular formula is C14H24BrN3O2S. The third-order valence-electron chi connectivity index (χ3n) is 3.14. The van der Waals surface area contributed by atoms with Crippen LogP contribution in [0.5, 0.6) is 0 Å². The minimum atomic E-state index is -3.45. The van der Waals surface area contributed by atoms with Crippen molar-refractivity contribution < 1.29 is 8.42 Å². The van der Waals surface area contributed by atoms with E-state index in [1.165, 1.54) is 4.31 Å². The molecule has 0 amide bonds. The van der Waals surface area contributed by atoms with Gasteiger partial charge < -0.3 is 10.2 Å². The van der Waals surface area contributed by atoms with Gasteiger partial charge in [0.1, 0.15) is 0 Å². The summed E-state index contributed by atoms with van der Waals surface area (Å²) in [5.74, 6) is 0. The van der Waals surface area contributed by atoms with E-state index in [-0.39, 0.29) is 0 Å². The first-order valence-corrected chi connectivity index (χ1v) is 9.06. The molecular weight excluding hydrogens is 354 g/mol. The van der Waals surface area contributed by atoms with Crippen LogP contribution in [0.25, 0.3) is 0 Å². The molecule has 0 aliphatic heterocycles. The molecule has 5 nitrogen and oxygen atoms in total. The summed E-state index contributed by atoms with van der Waals surface area (Å²) >= 11 is 3.37. The smallest absolute Gasteiger partial charge is 0.243 e. The molecule has 1 aromatic rings. The van der Waals surface area contributed by atoms with Gasteiger partial charge in [0, 0.05) is 24.6 Å². The molecule has 120 valence electrons. The third kappa shape index (κ3) is 5.34. The van der Waals surface area contributed by atoms with Gasteiger partial charge in [-0.15, -0.1) is 0 Å². The van der Waals surface area contributed by atoms with Crippen molar-refractivity contribution in [3.05, 3.63) is 28.2 Å². The molecule has 0 atom stereocenters. The average molecular weight is 378 g/mol. The summed E-state index contributed by atoms with van der Waals surface area (Å²) in [5, 5.41) is 3.05. The van der Waals surface area contributed by atoms with Crippen LogP contribution in [0, 0.1) is 0 Å². The summed E-state index contributed by atoms with van der Waals surface area (Å²) in [7, 11) is 3.99. The van der Waals surface area contributed by atoms with E-state index in [9.17, 15) is 8.42 Å². The third-order valence-corrected chi connectivity index (χ3v) is 5.98. The summed E-state index contributed by atoms with van der Waals surface area (Å²) in [6.45, 7) is 2.07. The summed E-state index contributed by atoms with van der Waals surface area (Å²) in [6.07, 6.45) is 0.804. The Kier molecular flexibility index (Phi) is 7.29. The van der Waals surface area contributed by atoms with Crippen molar-refractivity contribution in [1.29, 1.82) is 0 Å². The van der Waals surface area contributed by atoms with Crippen molar-refractivity contribution >= 4 is 26.0 Å². The Morgan fingerprint density at radius 3 is 2.38 bits per heavy atom. The second-order valence-corrected chi connectivity index (χ2v) is 8.15. The molecule has 0 fully saturated rings. The number of nitrogens with zero attached hydrogens (tertiary/aromatic N) is 2. The molecule has 1 rings (SSSR count). The molecule has 1 N–H and O–H groups in total.